The molecule has 0 aromatic carbocycles. The van der Waals surface area contributed by atoms with E-state index in [0.29, 0.717) is 5.41 Å². The van der Waals surface area contributed by atoms with E-state index in [0.717, 1.165) is 26.2 Å². The van der Waals surface area contributed by atoms with Crippen molar-refractivity contribution in [2.24, 2.45) is 5.41 Å². The number of methoxy groups -OCH3 is 1. The van der Waals surface area contributed by atoms with Gasteiger partial charge in [0.05, 0.1) is 7.11 Å². The van der Waals surface area contributed by atoms with Crippen LogP contribution < -0.4 is 5.32 Å². The van der Waals surface area contributed by atoms with Crippen LogP contribution >= 0.6 is 0 Å². The Labute approximate surface area is 111 Å². The van der Waals surface area contributed by atoms with Gasteiger partial charge in [-0.05, 0) is 38.3 Å². The number of likely N-dealkylation sites (tertiary alicyclic amines) is 1. The molecule has 1 saturated heterocycles. The maximum atomic E-state index is 11.9. The van der Waals surface area contributed by atoms with Crippen LogP contribution in [-0.2, 0) is 9.53 Å². The maximum Gasteiger partial charge on any atom is 0.327 e. The summed E-state index contributed by atoms with van der Waals surface area (Å²) in [4.78, 5) is 14.3. The zero-order valence-electron chi connectivity index (χ0n) is 12.5. The molecule has 1 atom stereocenters. The molecule has 106 valence electrons. The Hall–Kier alpha value is -0.610. The van der Waals surface area contributed by atoms with Crippen LogP contribution in [0.5, 0.6) is 0 Å². The standard InChI is InChI=1S/C14H28N2O2/c1-6-15-14(4,12(17)18-5)11-16-9-7-8-13(2,3)10-16/h15H,6-11H2,1-5H3. The van der Waals surface area contributed by atoms with Crippen molar-refractivity contribution in [3.8, 4) is 0 Å². The SMILES string of the molecule is CCNC(C)(CN1CCCC(C)(C)C1)C(=O)OC. The second kappa shape index (κ2) is 6.02. The molecule has 0 aliphatic carbocycles. The van der Waals surface area contributed by atoms with Crippen LogP contribution in [0.1, 0.15) is 40.5 Å². The smallest absolute Gasteiger partial charge is 0.327 e. The summed E-state index contributed by atoms with van der Waals surface area (Å²) in [5.74, 6) is -0.173. The molecule has 1 N–H and O–H groups in total. The molecule has 0 aromatic heterocycles. The van der Waals surface area contributed by atoms with Crippen molar-refractivity contribution in [2.45, 2.75) is 46.1 Å². The maximum absolute atomic E-state index is 11.9. The number of hydrogen-bond donors (Lipinski definition) is 1. The lowest BCUT2D eigenvalue weighted by atomic mass is 9.83. The minimum atomic E-state index is -0.600. The van der Waals surface area contributed by atoms with Crippen molar-refractivity contribution in [3.05, 3.63) is 0 Å². The highest BCUT2D eigenvalue weighted by Gasteiger charge is 2.37. The van der Waals surface area contributed by atoms with Gasteiger partial charge in [-0.25, -0.2) is 0 Å². The van der Waals surface area contributed by atoms with Crippen LogP contribution in [0.25, 0.3) is 0 Å². The normalized spacial score (nSPS) is 23.4. The Morgan fingerprint density at radius 3 is 2.67 bits per heavy atom. The third-order valence-corrected chi connectivity index (χ3v) is 3.72. The minimum Gasteiger partial charge on any atom is -0.468 e. The Kier molecular flexibility index (Phi) is 5.17. The zero-order valence-corrected chi connectivity index (χ0v) is 12.5. The summed E-state index contributed by atoms with van der Waals surface area (Å²) < 4.78 is 4.93. The molecule has 0 spiro atoms. The van der Waals surface area contributed by atoms with Crippen molar-refractivity contribution in [1.82, 2.24) is 10.2 Å². The van der Waals surface area contributed by atoms with E-state index in [-0.39, 0.29) is 5.97 Å². The van der Waals surface area contributed by atoms with Gasteiger partial charge in [-0.3, -0.25) is 4.79 Å². The molecule has 0 amide bonds. The summed E-state index contributed by atoms with van der Waals surface area (Å²) in [7, 11) is 1.46. The zero-order chi connectivity index (χ0) is 13.8. The van der Waals surface area contributed by atoms with Gasteiger partial charge in [0.15, 0.2) is 0 Å². The van der Waals surface area contributed by atoms with E-state index in [1.807, 2.05) is 13.8 Å². The highest BCUT2D eigenvalue weighted by Crippen LogP contribution is 2.29. The molecule has 18 heavy (non-hydrogen) atoms. The molecule has 0 bridgehead atoms. The number of rotatable bonds is 5. The van der Waals surface area contributed by atoms with Crippen molar-refractivity contribution in [1.29, 1.82) is 0 Å². The van der Waals surface area contributed by atoms with Crippen LogP contribution in [0.4, 0.5) is 0 Å². The number of likely N-dealkylation sites (N-methyl/N-ethyl adjacent to an activating group) is 1. The first-order valence-corrected chi connectivity index (χ1v) is 6.89. The molecule has 1 rings (SSSR count). The lowest BCUT2D eigenvalue weighted by Crippen LogP contribution is -2.59. The van der Waals surface area contributed by atoms with Crippen molar-refractivity contribution in [2.75, 3.05) is 33.3 Å². The van der Waals surface area contributed by atoms with Crippen molar-refractivity contribution in [3.63, 3.8) is 0 Å². The highest BCUT2D eigenvalue weighted by atomic mass is 16.5. The quantitative estimate of drug-likeness (QED) is 0.760. The molecule has 1 unspecified atom stereocenters. The topological polar surface area (TPSA) is 41.6 Å². The number of hydrogen-bond acceptors (Lipinski definition) is 4. The summed E-state index contributed by atoms with van der Waals surface area (Å²) >= 11 is 0. The summed E-state index contributed by atoms with van der Waals surface area (Å²) in [5.41, 5.74) is -0.252. The molecular formula is C14H28N2O2. The second-order valence-electron chi connectivity index (χ2n) is 6.33. The average molecular weight is 256 g/mol. The summed E-state index contributed by atoms with van der Waals surface area (Å²) in [5, 5.41) is 3.27. The van der Waals surface area contributed by atoms with E-state index in [4.69, 9.17) is 4.74 Å². The summed E-state index contributed by atoms with van der Waals surface area (Å²) in [6, 6.07) is 0. The third-order valence-electron chi connectivity index (χ3n) is 3.72. The van der Waals surface area contributed by atoms with Gasteiger partial charge >= 0.3 is 5.97 Å². The number of nitrogens with one attached hydrogen (secondary N) is 1. The Balaban J connectivity index is 2.68. The molecule has 0 aromatic rings. The molecule has 0 radical (unpaired) electrons. The molecule has 1 fully saturated rings. The molecule has 0 saturated carbocycles. The van der Waals surface area contributed by atoms with Gasteiger partial charge < -0.3 is 15.0 Å². The van der Waals surface area contributed by atoms with Gasteiger partial charge in [0.25, 0.3) is 0 Å². The van der Waals surface area contributed by atoms with E-state index in [2.05, 4.69) is 24.1 Å². The van der Waals surface area contributed by atoms with Gasteiger partial charge in [0.2, 0.25) is 0 Å². The van der Waals surface area contributed by atoms with E-state index >= 15 is 0 Å². The first-order chi connectivity index (χ1) is 8.33. The van der Waals surface area contributed by atoms with Gasteiger partial charge in [-0.2, -0.15) is 0 Å². The molecule has 1 aliphatic heterocycles. The lowest BCUT2D eigenvalue weighted by Gasteiger charge is -2.41. The molecule has 1 heterocycles. The number of ether oxygens (including phenoxy) is 1. The largest absolute Gasteiger partial charge is 0.468 e. The average Bonchev–Trinajstić information content (AvgIpc) is 2.26. The number of esters is 1. The van der Waals surface area contributed by atoms with E-state index in [1.165, 1.54) is 20.0 Å². The predicted octanol–water partition coefficient (Wildman–Crippen LogP) is 1.65. The first kappa shape index (κ1) is 15.4. The fourth-order valence-electron chi connectivity index (χ4n) is 2.93. The van der Waals surface area contributed by atoms with Crippen LogP contribution in [0.2, 0.25) is 0 Å². The van der Waals surface area contributed by atoms with E-state index in [1.54, 1.807) is 0 Å². The van der Waals surface area contributed by atoms with Crippen LogP contribution in [0, 0.1) is 5.41 Å². The van der Waals surface area contributed by atoms with E-state index in [9.17, 15) is 4.79 Å². The van der Waals surface area contributed by atoms with E-state index < -0.39 is 5.54 Å². The fraction of sp³-hybridized carbons (Fsp3) is 0.929. The second-order valence-corrected chi connectivity index (χ2v) is 6.33. The minimum absolute atomic E-state index is 0.173. The Morgan fingerprint density at radius 2 is 2.17 bits per heavy atom. The highest BCUT2D eigenvalue weighted by molar-refractivity contribution is 5.80. The Morgan fingerprint density at radius 1 is 1.50 bits per heavy atom. The van der Waals surface area contributed by atoms with Gasteiger partial charge in [-0.15, -0.1) is 0 Å². The molecular weight excluding hydrogens is 228 g/mol. The Bertz CT molecular complexity index is 292. The molecule has 1 aliphatic rings. The predicted molar refractivity (Wildman–Crippen MR) is 73.6 cm³/mol. The molecule has 4 nitrogen and oxygen atoms in total. The van der Waals surface area contributed by atoms with Crippen molar-refractivity contribution >= 4 is 5.97 Å². The van der Waals surface area contributed by atoms with Crippen LogP contribution in [0.15, 0.2) is 0 Å². The van der Waals surface area contributed by atoms with Gasteiger partial charge in [0.1, 0.15) is 5.54 Å². The number of nitrogens with zero attached hydrogens (tertiary/aromatic N) is 1. The molecule has 4 heteroatoms. The van der Waals surface area contributed by atoms with Crippen molar-refractivity contribution < 1.29 is 9.53 Å². The summed E-state index contributed by atoms with van der Waals surface area (Å²) in [6.45, 7) is 12.1. The number of carbonyl (C=O) groups excluding carboxylic acids is 1. The third kappa shape index (κ3) is 3.95. The number of carbonyl (C=O) groups is 1. The fourth-order valence-corrected chi connectivity index (χ4v) is 2.93. The van der Waals surface area contributed by atoms with Crippen LogP contribution in [0.3, 0.4) is 0 Å². The number of piperidine rings is 1. The lowest BCUT2D eigenvalue weighted by molar-refractivity contribution is -0.149. The first-order valence-electron chi connectivity index (χ1n) is 6.89. The summed E-state index contributed by atoms with van der Waals surface area (Å²) in [6.07, 6.45) is 2.47. The van der Waals surface area contributed by atoms with Gasteiger partial charge in [-0.1, -0.05) is 20.8 Å². The monoisotopic (exact) mass is 256 g/mol. The van der Waals surface area contributed by atoms with Crippen LogP contribution in [-0.4, -0.2) is 49.7 Å². The van der Waals surface area contributed by atoms with Gasteiger partial charge in [0, 0.05) is 13.1 Å².